The standard InChI is InChI=1S/C40H24O/c1-3-13-29-25(9-1)11-7-17-31(29)27-19-21-35-37(23-27)33-15-5-6-16-34(33)39-36-22-20-28(24-38(36)41-40(35)39)32-18-8-12-26-10-2-4-14-30(26)32/h1-24H. The molecule has 0 unspecified atom stereocenters. The molecule has 1 nitrogen and oxygen atoms in total. The van der Waals surface area contributed by atoms with E-state index in [1.54, 1.807) is 0 Å². The minimum atomic E-state index is 0.918. The maximum atomic E-state index is 6.76. The molecule has 41 heavy (non-hydrogen) atoms. The normalized spacial score (nSPS) is 11.9. The van der Waals surface area contributed by atoms with Crippen molar-refractivity contribution < 1.29 is 4.42 Å². The van der Waals surface area contributed by atoms with Crippen LogP contribution in [0.25, 0.3) is 87.3 Å². The van der Waals surface area contributed by atoms with Crippen molar-refractivity contribution in [2.75, 3.05) is 0 Å². The Kier molecular flexibility index (Phi) is 4.67. The Morgan fingerprint density at radius 1 is 0.341 bits per heavy atom. The first-order valence-corrected chi connectivity index (χ1v) is 14.1. The Morgan fingerprint density at radius 2 is 0.878 bits per heavy atom. The molecule has 0 saturated carbocycles. The van der Waals surface area contributed by atoms with Crippen molar-refractivity contribution in [3.8, 4) is 22.3 Å². The van der Waals surface area contributed by atoms with Crippen LogP contribution >= 0.6 is 0 Å². The zero-order chi connectivity index (χ0) is 26.9. The van der Waals surface area contributed by atoms with Gasteiger partial charge in [-0.3, -0.25) is 0 Å². The Labute approximate surface area is 236 Å². The van der Waals surface area contributed by atoms with E-state index in [0.29, 0.717) is 0 Å². The third kappa shape index (κ3) is 3.30. The third-order valence-corrected chi connectivity index (χ3v) is 8.64. The predicted octanol–water partition coefficient (Wildman–Crippen LogP) is 11.5. The minimum absolute atomic E-state index is 0.918. The molecule has 0 N–H and O–H groups in total. The summed E-state index contributed by atoms with van der Waals surface area (Å²) in [7, 11) is 0. The molecule has 0 saturated heterocycles. The van der Waals surface area contributed by atoms with Gasteiger partial charge < -0.3 is 4.42 Å². The largest absolute Gasteiger partial charge is 0.455 e. The van der Waals surface area contributed by atoms with Crippen LogP contribution in [0.5, 0.6) is 0 Å². The Balaban J connectivity index is 1.33. The summed E-state index contributed by atoms with van der Waals surface area (Å²) in [6.07, 6.45) is 0. The van der Waals surface area contributed by atoms with E-state index in [1.165, 1.54) is 65.3 Å². The lowest BCUT2D eigenvalue weighted by Gasteiger charge is -2.11. The Bertz CT molecular complexity index is 2470. The van der Waals surface area contributed by atoms with E-state index in [9.17, 15) is 0 Å². The van der Waals surface area contributed by atoms with Gasteiger partial charge >= 0.3 is 0 Å². The highest BCUT2D eigenvalue weighted by molar-refractivity contribution is 6.30. The molecule has 9 rings (SSSR count). The van der Waals surface area contributed by atoms with E-state index in [2.05, 4.69) is 146 Å². The second kappa shape index (κ2) is 8.55. The zero-order valence-corrected chi connectivity index (χ0v) is 22.3. The summed E-state index contributed by atoms with van der Waals surface area (Å²) in [5.74, 6) is 0. The minimum Gasteiger partial charge on any atom is -0.455 e. The van der Waals surface area contributed by atoms with Crippen LogP contribution in [0.15, 0.2) is 150 Å². The van der Waals surface area contributed by atoms with Gasteiger partial charge in [0, 0.05) is 16.2 Å². The highest BCUT2D eigenvalue weighted by Gasteiger charge is 2.17. The number of fused-ring (bicyclic) bond motifs is 10. The molecule has 1 heteroatoms. The van der Waals surface area contributed by atoms with E-state index in [0.717, 1.165) is 21.9 Å². The van der Waals surface area contributed by atoms with Gasteiger partial charge in [-0.25, -0.2) is 0 Å². The van der Waals surface area contributed by atoms with Crippen LogP contribution in [0.1, 0.15) is 0 Å². The monoisotopic (exact) mass is 520 g/mol. The van der Waals surface area contributed by atoms with Crippen molar-refractivity contribution in [3.63, 3.8) is 0 Å². The molecule has 0 bridgehead atoms. The van der Waals surface area contributed by atoms with Crippen LogP contribution in [-0.2, 0) is 0 Å². The summed E-state index contributed by atoms with van der Waals surface area (Å²) in [6, 6.07) is 52.5. The summed E-state index contributed by atoms with van der Waals surface area (Å²) in [5, 5.41) is 12.2. The molecular weight excluding hydrogens is 496 g/mol. The van der Waals surface area contributed by atoms with Gasteiger partial charge in [-0.05, 0) is 84.2 Å². The van der Waals surface area contributed by atoms with Crippen LogP contribution in [0.4, 0.5) is 0 Å². The van der Waals surface area contributed by atoms with Gasteiger partial charge in [0.2, 0.25) is 0 Å². The van der Waals surface area contributed by atoms with Crippen molar-refractivity contribution in [2.45, 2.75) is 0 Å². The summed E-state index contributed by atoms with van der Waals surface area (Å²) < 4.78 is 6.76. The van der Waals surface area contributed by atoms with Crippen molar-refractivity contribution in [1.29, 1.82) is 0 Å². The van der Waals surface area contributed by atoms with Crippen molar-refractivity contribution in [3.05, 3.63) is 146 Å². The van der Waals surface area contributed by atoms with Crippen molar-refractivity contribution in [1.82, 2.24) is 0 Å². The van der Waals surface area contributed by atoms with Crippen LogP contribution in [-0.4, -0.2) is 0 Å². The van der Waals surface area contributed by atoms with E-state index >= 15 is 0 Å². The second-order valence-electron chi connectivity index (χ2n) is 10.9. The lowest BCUT2D eigenvalue weighted by Crippen LogP contribution is -1.85. The molecule has 8 aromatic carbocycles. The van der Waals surface area contributed by atoms with E-state index in [1.807, 2.05) is 0 Å². The number of furan rings is 1. The number of benzene rings is 8. The van der Waals surface area contributed by atoms with Crippen LogP contribution in [0, 0.1) is 0 Å². The van der Waals surface area contributed by atoms with Crippen LogP contribution < -0.4 is 0 Å². The fourth-order valence-electron chi connectivity index (χ4n) is 6.74. The third-order valence-electron chi connectivity index (χ3n) is 8.64. The molecule has 1 heterocycles. The molecule has 0 atom stereocenters. The number of hydrogen-bond acceptors (Lipinski definition) is 1. The van der Waals surface area contributed by atoms with Gasteiger partial charge in [0.1, 0.15) is 11.2 Å². The first-order chi connectivity index (χ1) is 20.3. The SMILES string of the molecule is c1ccc2c(-c3ccc4c(c3)oc3c5ccc(-c6cccc7ccccc67)cc5c5ccccc5c43)cccc2c1. The molecule has 1 aromatic heterocycles. The quantitative estimate of drug-likeness (QED) is 0.207. The molecule has 190 valence electrons. The topological polar surface area (TPSA) is 13.1 Å². The molecule has 0 spiro atoms. The van der Waals surface area contributed by atoms with Gasteiger partial charge in [-0.2, -0.15) is 0 Å². The van der Waals surface area contributed by atoms with Crippen molar-refractivity contribution >= 4 is 65.0 Å². The zero-order valence-electron chi connectivity index (χ0n) is 22.3. The lowest BCUT2D eigenvalue weighted by atomic mass is 9.92. The lowest BCUT2D eigenvalue weighted by molar-refractivity contribution is 0.673. The van der Waals surface area contributed by atoms with Gasteiger partial charge in [-0.15, -0.1) is 0 Å². The van der Waals surface area contributed by atoms with Gasteiger partial charge in [0.05, 0.1) is 0 Å². The molecule has 0 aliphatic heterocycles. The smallest absolute Gasteiger partial charge is 0.143 e. The summed E-state index contributed by atoms with van der Waals surface area (Å²) in [5.41, 5.74) is 6.72. The maximum absolute atomic E-state index is 6.76. The number of hydrogen-bond donors (Lipinski definition) is 0. The Hall–Kier alpha value is -5.40. The molecule has 0 radical (unpaired) electrons. The average molecular weight is 521 g/mol. The van der Waals surface area contributed by atoms with Gasteiger partial charge in [0.15, 0.2) is 0 Å². The fourth-order valence-corrected chi connectivity index (χ4v) is 6.74. The highest BCUT2D eigenvalue weighted by Crippen LogP contribution is 2.43. The molecule has 0 aliphatic carbocycles. The van der Waals surface area contributed by atoms with Crippen LogP contribution in [0.2, 0.25) is 0 Å². The average Bonchev–Trinajstić information content (AvgIpc) is 3.43. The van der Waals surface area contributed by atoms with Gasteiger partial charge in [0.25, 0.3) is 0 Å². The first-order valence-electron chi connectivity index (χ1n) is 14.1. The molecular formula is C40H24O. The summed E-state index contributed by atoms with van der Waals surface area (Å²) >= 11 is 0. The van der Waals surface area contributed by atoms with Crippen molar-refractivity contribution in [2.24, 2.45) is 0 Å². The Morgan fingerprint density at radius 3 is 1.56 bits per heavy atom. The molecule has 0 fully saturated rings. The predicted molar refractivity (Wildman–Crippen MR) is 175 cm³/mol. The molecule has 9 aromatic rings. The van der Waals surface area contributed by atoms with E-state index < -0.39 is 0 Å². The van der Waals surface area contributed by atoms with Crippen LogP contribution in [0.3, 0.4) is 0 Å². The summed E-state index contributed by atoms with van der Waals surface area (Å²) in [6.45, 7) is 0. The highest BCUT2D eigenvalue weighted by atomic mass is 16.3. The first kappa shape index (κ1) is 22.4. The van der Waals surface area contributed by atoms with E-state index in [4.69, 9.17) is 4.42 Å². The number of rotatable bonds is 2. The second-order valence-corrected chi connectivity index (χ2v) is 10.9. The molecule has 0 amide bonds. The summed E-state index contributed by atoms with van der Waals surface area (Å²) in [4.78, 5) is 0. The van der Waals surface area contributed by atoms with Gasteiger partial charge in [-0.1, -0.05) is 121 Å². The maximum Gasteiger partial charge on any atom is 0.143 e. The van der Waals surface area contributed by atoms with E-state index in [-0.39, 0.29) is 0 Å². The molecule has 0 aliphatic rings. The fraction of sp³-hybridized carbons (Fsp3) is 0.